The molecule has 2 rings (SSSR count). The van der Waals surface area contributed by atoms with Crippen LogP contribution in [0.15, 0.2) is 36.4 Å². The van der Waals surface area contributed by atoms with Crippen LogP contribution in [-0.2, 0) is 0 Å². The minimum Gasteiger partial charge on any atom is -0.490 e. The molecule has 2 aromatic carbocycles. The normalized spacial score (nSPS) is 10.3. The lowest BCUT2D eigenvalue weighted by molar-refractivity contribution is 0.302. The molecular formula is C16H18FNO2. The van der Waals surface area contributed by atoms with Gasteiger partial charge in [0.05, 0.1) is 12.3 Å². The zero-order chi connectivity index (χ0) is 14.5. The molecule has 0 aromatic heterocycles. The monoisotopic (exact) mass is 275 g/mol. The number of hydrogen-bond acceptors (Lipinski definition) is 3. The van der Waals surface area contributed by atoms with Crippen LogP contribution in [0.25, 0.3) is 0 Å². The van der Waals surface area contributed by atoms with Crippen molar-refractivity contribution in [2.24, 2.45) is 0 Å². The number of ether oxygens (including phenoxy) is 2. The Labute approximate surface area is 118 Å². The summed E-state index contributed by atoms with van der Waals surface area (Å²) in [7, 11) is 0. The summed E-state index contributed by atoms with van der Waals surface area (Å²) in [6, 6.07) is 10.2. The largest absolute Gasteiger partial charge is 0.490 e. The lowest BCUT2D eigenvalue weighted by Crippen LogP contribution is -1.99. The van der Waals surface area contributed by atoms with Gasteiger partial charge in [-0.3, -0.25) is 0 Å². The van der Waals surface area contributed by atoms with Crippen molar-refractivity contribution in [2.45, 2.75) is 20.3 Å². The van der Waals surface area contributed by atoms with Crippen LogP contribution in [0.4, 0.5) is 10.1 Å². The van der Waals surface area contributed by atoms with E-state index in [2.05, 4.69) is 0 Å². The molecule has 0 spiro atoms. The van der Waals surface area contributed by atoms with Crippen molar-refractivity contribution in [3.05, 3.63) is 47.8 Å². The first kappa shape index (κ1) is 14.2. The van der Waals surface area contributed by atoms with Gasteiger partial charge in [-0.15, -0.1) is 0 Å². The average molecular weight is 275 g/mol. The van der Waals surface area contributed by atoms with Gasteiger partial charge >= 0.3 is 0 Å². The van der Waals surface area contributed by atoms with Crippen LogP contribution in [0.1, 0.15) is 18.9 Å². The van der Waals surface area contributed by atoms with Gasteiger partial charge in [-0.1, -0.05) is 19.1 Å². The third-order valence-electron chi connectivity index (χ3n) is 2.82. The van der Waals surface area contributed by atoms with Crippen LogP contribution < -0.4 is 15.2 Å². The van der Waals surface area contributed by atoms with Crippen LogP contribution in [0.2, 0.25) is 0 Å². The topological polar surface area (TPSA) is 44.5 Å². The van der Waals surface area contributed by atoms with Crippen molar-refractivity contribution in [1.29, 1.82) is 0 Å². The van der Waals surface area contributed by atoms with E-state index in [4.69, 9.17) is 15.2 Å². The molecule has 0 bridgehead atoms. The molecule has 0 aliphatic heterocycles. The predicted octanol–water partition coefficient (Wildman–Crippen LogP) is 4.30. The Bertz CT molecular complexity index is 599. The van der Waals surface area contributed by atoms with Gasteiger partial charge in [0.25, 0.3) is 0 Å². The third kappa shape index (κ3) is 3.20. The molecule has 0 unspecified atom stereocenters. The Morgan fingerprint density at radius 1 is 1.10 bits per heavy atom. The maximum absolute atomic E-state index is 13.4. The summed E-state index contributed by atoms with van der Waals surface area (Å²) >= 11 is 0. The molecule has 0 radical (unpaired) electrons. The Morgan fingerprint density at radius 3 is 2.50 bits per heavy atom. The molecule has 0 saturated carbocycles. The Hall–Kier alpha value is -2.23. The fourth-order valence-electron chi connectivity index (χ4n) is 1.74. The SMILES string of the molecule is CCCOc1ccccc1Oc1cc(C)c(F)cc1N. The Balaban J connectivity index is 2.28. The summed E-state index contributed by atoms with van der Waals surface area (Å²) in [4.78, 5) is 0. The highest BCUT2D eigenvalue weighted by molar-refractivity contribution is 5.57. The maximum Gasteiger partial charge on any atom is 0.169 e. The maximum atomic E-state index is 13.4. The van der Waals surface area contributed by atoms with Gasteiger partial charge in [-0.05, 0) is 37.1 Å². The summed E-state index contributed by atoms with van der Waals surface area (Å²) in [5, 5.41) is 0. The van der Waals surface area contributed by atoms with Crippen LogP contribution in [0.5, 0.6) is 17.2 Å². The number of rotatable bonds is 5. The fraction of sp³-hybridized carbons (Fsp3) is 0.250. The first-order valence-electron chi connectivity index (χ1n) is 6.57. The third-order valence-corrected chi connectivity index (χ3v) is 2.82. The molecule has 2 N–H and O–H groups in total. The van der Waals surface area contributed by atoms with Crippen LogP contribution in [0, 0.1) is 12.7 Å². The van der Waals surface area contributed by atoms with Gasteiger partial charge in [0, 0.05) is 6.07 Å². The van der Waals surface area contributed by atoms with E-state index in [1.54, 1.807) is 19.1 Å². The quantitative estimate of drug-likeness (QED) is 0.827. The van der Waals surface area contributed by atoms with Gasteiger partial charge in [0.1, 0.15) is 5.82 Å². The molecule has 20 heavy (non-hydrogen) atoms. The first-order valence-corrected chi connectivity index (χ1v) is 6.57. The number of aryl methyl sites for hydroxylation is 1. The highest BCUT2D eigenvalue weighted by Gasteiger charge is 2.10. The second kappa shape index (κ2) is 6.28. The summed E-state index contributed by atoms with van der Waals surface area (Å²) < 4.78 is 24.8. The zero-order valence-corrected chi connectivity index (χ0v) is 11.7. The van der Waals surface area contributed by atoms with E-state index in [1.165, 1.54) is 6.07 Å². The van der Waals surface area contributed by atoms with Crippen molar-refractivity contribution in [3.63, 3.8) is 0 Å². The number of benzene rings is 2. The van der Waals surface area contributed by atoms with Crippen LogP contribution in [-0.4, -0.2) is 6.61 Å². The second-order valence-corrected chi connectivity index (χ2v) is 4.54. The summed E-state index contributed by atoms with van der Waals surface area (Å²) in [6.45, 7) is 4.31. The van der Waals surface area contributed by atoms with E-state index in [-0.39, 0.29) is 11.5 Å². The number of anilines is 1. The molecular weight excluding hydrogens is 257 g/mol. The van der Waals surface area contributed by atoms with Gasteiger partial charge < -0.3 is 15.2 Å². The van der Waals surface area contributed by atoms with Crippen LogP contribution in [0.3, 0.4) is 0 Å². The molecule has 0 aliphatic rings. The molecule has 2 aromatic rings. The van der Waals surface area contributed by atoms with Crippen molar-refractivity contribution >= 4 is 5.69 Å². The standard InChI is InChI=1S/C16H18FNO2/c1-3-8-19-14-6-4-5-7-15(14)20-16-9-11(2)12(17)10-13(16)18/h4-7,9-10H,3,8,18H2,1-2H3. The van der Waals surface area contributed by atoms with Gasteiger partial charge in [0.15, 0.2) is 17.2 Å². The molecule has 0 atom stereocenters. The van der Waals surface area contributed by atoms with Gasteiger partial charge in [0.2, 0.25) is 0 Å². The van der Waals surface area contributed by atoms with Crippen molar-refractivity contribution in [2.75, 3.05) is 12.3 Å². The number of halogens is 1. The number of hydrogen-bond donors (Lipinski definition) is 1. The molecule has 0 amide bonds. The van der Waals surface area contributed by atoms with Gasteiger partial charge in [-0.25, -0.2) is 4.39 Å². The lowest BCUT2D eigenvalue weighted by Gasteiger charge is -2.14. The summed E-state index contributed by atoms with van der Waals surface area (Å²) in [5.41, 5.74) is 6.53. The number of nitrogen functional groups attached to an aromatic ring is 1. The zero-order valence-electron chi connectivity index (χ0n) is 11.7. The van der Waals surface area contributed by atoms with E-state index in [0.29, 0.717) is 29.4 Å². The highest BCUT2D eigenvalue weighted by atomic mass is 19.1. The number of para-hydroxylation sites is 2. The summed E-state index contributed by atoms with van der Waals surface area (Å²) in [5.74, 6) is 1.30. The minimum atomic E-state index is -0.342. The first-order chi connectivity index (χ1) is 9.61. The van der Waals surface area contributed by atoms with Gasteiger partial charge in [-0.2, -0.15) is 0 Å². The Kier molecular flexibility index (Phi) is 4.45. The minimum absolute atomic E-state index is 0.262. The van der Waals surface area contributed by atoms with Crippen molar-refractivity contribution in [3.8, 4) is 17.2 Å². The van der Waals surface area contributed by atoms with Crippen LogP contribution >= 0.6 is 0 Å². The van der Waals surface area contributed by atoms with E-state index in [0.717, 1.165) is 6.42 Å². The van der Waals surface area contributed by atoms with E-state index >= 15 is 0 Å². The highest BCUT2D eigenvalue weighted by Crippen LogP contribution is 2.35. The van der Waals surface area contributed by atoms with E-state index < -0.39 is 0 Å². The molecule has 0 fully saturated rings. The van der Waals surface area contributed by atoms with Crippen molar-refractivity contribution in [1.82, 2.24) is 0 Å². The molecule has 106 valence electrons. The molecule has 3 nitrogen and oxygen atoms in total. The molecule has 0 aliphatic carbocycles. The fourth-order valence-corrected chi connectivity index (χ4v) is 1.74. The molecule has 4 heteroatoms. The molecule has 0 heterocycles. The average Bonchev–Trinajstić information content (AvgIpc) is 2.44. The number of nitrogens with two attached hydrogens (primary N) is 1. The van der Waals surface area contributed by atoms with E-state index in [1.807, 2.05) is 25.1 Å². The summed E-state index contributed by atoms with van der Waals surface area (Å²) in [6.07, 6.45) is 0.909. The van der Waals surface area contributed by atoms with Crippen molar-refractivity contribution < 1.29 is 13.9 Å². The predicted molar refractivity (Wildman–Crippen MR) is 77.9 cm³/mol. The Morgan fingerprint density at radius 2 is 1.80 bits per heavy atom. The second-order valence-electron chi connectivity index (χ2n) is 4.54. The van der Waals surface area contributed by atoms with E-state index in [9.17, 15) is 4.39 Å². The smallest absolute Gasteiger partial charge is 0.169 e. The molecule has 0 saturated heterocycles. The lowest BCUT2D eigenvalue weighted by atomic mass is 10.2.